The van der Waals surface area contributed by atoms with Crippen molar-refractivity contribution >= 4 is 5.91 Å². The topological polar surface area (TPSA) is 71.0 Å². The maximum atomic E-state index is 12.5. The standard InChI is InChI=1S/C22H23N5O/c1-16(14-27-11-8-17-4-2-3-5-19(17)15-27)26-22(28)20-12-24-21(25-13-20)18-6-9-23-10-7-18/h2-7,9-10,12-13,16H,8,11,14-15H2,1H3,(H,26,28). The fourth-order valence-corrected chi connectivity index (χ4v) is 3.55. The van der Waals surface area contributed by atoms with E-state index in [1.54, 1.807) is 24.8 Å². The molecule has 0 fully saturated rings. The van der Waals surface area contributed by atoms with Crippen LogP contribution in [0.1, 0.15) is 28.4 Å². The number of hydrogen-bond donors (Lipinski definition) is 1. The van der Waals surface area contributed by atoms with Crippen LogP contribution in [0.15, 0.2) is 61.2 Å². The molecule has 1 aliphatic heterocycles. The smallest absolute Gasteiger partial charge is 0.254 e. The summed E-state index contributed by atoms with van der Waals surface area (Å²) in [6, 6.07) is 12.3. The minimum atomic E-state index is -0.147. The molecule has 1 atom stereocenters. The van der Waals surface area contributed by atoms with Crippen LogP contribution in [0.25, 0.3) is 11.4 Å². The molecule has 1 aliphatic rings. The zero-order chi connectivity index (χ0) is 19.3. The van der Waals surface area contributed by atoms with Gasteiger partial charge < -0.3 is 5.32 Å². The van der Waals surface area contributed by atoms with Crippen molar-refractivity contribution in [3.63, 3.8) is 0 Å². The van der Waals surface area contributed by atoms with Crippen molar-refractivity contribution in [1.82, 2.24) is 25.2 Å². The lowest BCUT2D eigenvalue weighted by Crippen LogP contribution is -2.43. The van der Waals surface area contributed by atoms with Crippen molar-refractivity contribution in [3.8, 4) is 11.4 Å². The van der Waals surface area contributed by atoms with Gasteiger partial charge in [0.05, 0.1) is 5.56 Å². The normalized spacial score (nSPS) is 14.9. The second-order valence-electron chi connectivity index (χ2n) is 7.16. The Kier molecular flexibility index (Phi) is 5.39. The monoisotopic (exact) mass is 373 g/mol. The first kappa shape index (κ1) is 18.3. The van der Waals surface area contributed by atoms with E-state index in [0.29, 0.717) is 11.4 Å². The molecule has 142 valence electrons. The number of carbonyl (C=O) groups is 1. The zero-order valence-corrected chi connectivity index (χ0v) is 15.9. The number of amides is 1. The maximum absolute atomic E-state index is 12.5. The Labute approximate surface area is 164 Å². The molecule has 3 heterocycles. The molecule has 1 N–H and O–H groups in total. The molecule has 0 saturated carbocycles. The van der Waals surface area contributed by atoms with Crippen LogP contribution in [0.5, 0.6) is 0 Å². The molecule has 1 aromatic carbocycles. The van der Waals surface area contributed by atoms with Gasteiger partial charge in [0, 0.05) is 56.0 Å². The second-order valence-corrected chi connectivity index (χ2v) is 7.16. The van der Waals surface area contributed by atoms with Crippen molar-refractivity contribution in [3.05, 3.63) is 77.9 Å². The van der Waals surface area contributed by atoms with Crippen LogP contribution in [0.4, 0.5) is 0 Å². The molecule has 1 unspecified atom stereocenters. The number of fused-ring (bicyclic) bond motifs is 1. The highest BCUT2D eigenvalue weighted by atomic mass is 16.1. The van der Waals surface area contributed by atoms with Crippen molar-refractivity contribution < 1.29 is 4.79 Å². The Morgan fingerprint density at radius 2 is 1.82 bits per heavy atom. The largest absolute Gasteiger partial charge is 0.348 e. The third-order valence-corrected chi connectivity index (χ3v) is 4.97. The van der Waals surface area contributed by atoms with Crippen molar-refractivity contribution in [2.24, 2.45) is 0 Å². The summed E-state index contributed by atoms with van der Waals surface area (Å²) in [4.78, 5) is 27.5. The molecule has 0 saturated heterocycles. The molecular weight excluding hydrogens is 350 g/mol. The van der Waals surface area contributed by atoms with Gasteiger partial charge in [0.2, 0.25) is 0 Å². The first-order valence-electron chi connectivity index (χ1n) is 9.51. The number of nitrogens with zero attached hydrogens (tertiary/aromatic N) is 4. The van der Waals surface area contributed by atoms with Gasteiger partial charge in [-0.1, -0.05) is 24.3 Å². The highest BCUT2D eigenvalue weighted by Crippen LogP contribution is 2.18. The Bertz CT molecular complexity index is 943. The van der Waals surface area contributed by atoms with Gasteiger partial charge in [-0.15, -0.1) is 0 Å². The summed E-state index contributed by atoms with van der Waals surface area (Å²) >= 11 is 0. The third-order valence-electron chi connectivity index (χ3n) is 4.97. The van der Waals surface area contributed by atoms with E-state index in [-0.39, 0.29) is 11.9 Å². The molecular formula is C22H23N5O. The second kappa shape index (κ2) is 8.27. The Hall–Kier alpha value is -3.12. The average Bonchev–Trinajstić information content (AvgIpc) is 2.74. The van der Waals surface area contributed by atoms with Gasteiger partial charge in [0.1, 0.15) is 0 Å². The number of aromatic nitrogens is 3. The third kappa shape index (κ3) is 4.23. The predicted molar refractivity (Wildman–Crippen MR) is 108 cm³/mol. The minimum Gasteiger partial charge on any atom is -0.348 e. The van der Waals surface area contributed by atoms with Gasteiger partial charge in [-0.05, 0) is 36.6 Å². The van der Waals surface area contributed by atoms with E-state index < -0.39 is 0 Å². The molecule has 1 amide bonds. The summed E-state index contributed by atoms with van der Waals surface area (Å²) < 4.78 is 0. The highest BCUT2D eigenvalue weighted by Gasteiger charge is 2.19. The van der Waals surface area contributed by atoms with Crippen LogP contribution < -0.4 is 5.32 Å². The number of nitrogens with one attached hydrogen (secondary N) is 1. The summed E-state index contributed by atoms with van der Waals surface area (Å²) in [6.07, 6.45) is 7.59. The van der Waals surface area contributed by atoms with Gasteiger partial charge >= 0.3 is 0 Å². The number of hydrogen-bond acceptors (Lipinski definition) is 5. The van der Waals surface area contributed by atoms with Crippen LogP contribution in [0.3, 0.4) is 0 Å². The first-order chi connectivity index (χ1) is 13.7. The Balaban J connectivity index is 1.33. The number of carbonyl (C=O) groups excluding carboxylic acids is 1. The zero-order valence-electron chi connectivity index (χ0n) is 15.9. The maximum Gasteiger partial charge on any atom is 0.254 e. The van der Waals surface area contributed by atoms with Crippen LogP contribution in [0, 0.1) is 0 Å². The molecule has 0 spiro atoms. The van der Waals surface area contributed by atoms with Crippen molar-refractivity contribution in [2.45, 2.75) is 25.9 Å². The Morgan fingerprint density at radius 3 is 2.57 bits per heavy atom. The number of pyridine rings is 1. The molecule has 28 heavy (non-hydrogen) atoms. The van der Waals surface area contributed by atoms with E-state index in [1.807, 2.05) is 19.1 Å². The van der Waals surface area contributed by atoms with E-state index in [9.17, 15) is 4.79 Å². The fourth-order valence-electron chi connectivity index (χ4n) is 3.55. The molecule has 0 bridgehead atoms. The summed E-state index contributed by atoms with van der Waals surface area (Å²) in [5.74, 6) is 0.435. The average molecular weight is 373 g/mol. The lowest BCUT2D eigenvalue weighted by atomic mass is 10.00. The van der Waals surface area contributed by atoms with Crippen molar-refractivity contribution in [1.29, 1.82) is 0 Å². The number of benzene rings is 1. The lowest BCUT2D eigenvalue weighted by Gasteiger charge is -2.31. The summed E-state index contributed by atoms with van der Waals surface area (Å²) in [5, 5.41) is 3.06. The molecule has 4 rings (SSSR count). The highest BCUT2D eigenvalue weighted by molar-refractivity contribution is 5.93. The van der Waals surface area contributed by atoms with Crippen LogP contribution in [-0.4, -0.2) is 44.9 Å². The summed E-state index contributed by atoms with van der Waals surface area (Å²) in [5.41, 5.74) is 4.16. The lowest BCUT2D eigenvalue weighted by molar-refractivity contribution is 0.0926. The van der Waals surface area contributed by atoms with Gasteiger partial charge in [0.25, 0.3) is 5.91 Å². The molecule has 3 aromatic rings. The predicted octanol–water partition coefficient (Wildman–Crippen LogP) is 2.72. The molecule has 6 nitrogen and oxygen atoms in total. The molecule has 0 radical (unpaired) electrons. The van der Waals surface area contributed by atoms with E-state index >= 15 is 0 Å². The van der Waals surface area contributed by atoms with Gasteiger partial charge in [-0.25, -0.2) is 9.97 Å². The van der Waals surface area contributed by atoms with E-state index in [0.717, 1.165) is 31.6 Å². The first-order valence-corrected chi connectivity index (χ1v) is 9.51. The quantitative estimate of drug-likeness (QED) is 0.745. The van der Waals surface area contributed by atoms with Gasteiger partial charge in [0.15, 0.2) is 5.82 Å². The van der Waals surface area contributed by atoms with Crippen LogP contribution in [-0.2, 0) is 13.0 Å². The van der Waals surface area contributed by atoms with Crippen LogP contribution in [0.2, 0.25) is 0 Å². The fraction of sp³-hybridized carbons (Fsp3) is 0.273. The number of rotatable bonds is 5. The minimum absolute atomic E-state index is 0.0395. The summed E-state index contributed by atoms with van der Waals surface area (Å²) in [7, 11) is 0. The van der Waals surface area contributed by atoms with Gasteiger partial charge in [-0.3, -0.25) is 14.7 Å². The molecule has 0 aliphatic carbocycles. The molecule has 2 aromatic heterocycles. The Morgan fingerprint density at radius 1 is 1.11 bits per heavy atom. The molecule has 6 heteroatoms. The van der Waals surface area contributed by atoms with E-state index in [1.165, 1.54) is 11.1 Å². The van der Waals surface area contributed by atoms with Gasteiger partial charge in [-0.2, -0.15) is 0 Å². The SMILES string of the molecule is CC(CN1CCc2ccccc2C1)NC(=O)c1cnc(-c2ccncc2)nc1. The summed E-state index contributed by atoms with van der Waals surface area (Å²) in [6.45, 7) is 4.79. The van der Waals surface area contributed by atoms with Crippen molar-refractivity contribution in [2.75, 3.05) is 13.1 Å². The van der Waals surface area contributed by atoms with E-state index in [4.69, 9.17) is 0 Å². The van der Waals surface area contributed by atoms with Crippen LogP contribution >= 0.6 is 0 Å². The van der Waals surface area contributed by atoms with E-state index in [2.05, 4.69) is 49.4 Å².